The minimum atomic E-state index is -4.54. The second-order valence-electron chi connectivity index (χ2n) is 3.65. The third-order valence-corrected chi connectivity index (χ3v) is 3.40. The summed E-state index contributed by atoms with van der Waals surface area (Å²) in [6.45, 7) is 0. The number of alkyl halides is 6. The van der Waals surface area contributed by atoms with Gasteiger partial charge in [-0.2, -0.15) is 26.3 Å². The van der Waals surface area contributed by atoms with Crippen LogP contribution in [0.1, 0.15) is 11.1 Å². The molecule has 0 aliphatic heterocycles. The lowest BCUT2D eigenvalue weighted by atomic mass is 10.1. The molecule has 1 aromatic rings. The smallest absolute Gasteiger partial charge is 0.166 e. The normalized spacial score (nSPS) is 14.6. The van der Waals surface area contributed by atoms with Crippen molar-refractivity contribution in [3.05, 3.63) is 44.4 Å². The van der Waals surface area contributed by atoms with Gasteiger partial charge in [0.2, 0.25) is 0 Å². The number of halogens is 8. The number of hydrogen-bond acceptors (Lipinski definition) is 0. The van der Waals surface area contributed by atoms with Crippen molar-refractivity contribution in [1.82, 2.24) is 0 Å². The highest BCUT2D eigenvalue weighted by Gasteiger charge is 2.32. The number of hydrogen-bond donors (Lipinski definition) is 0. The van der Waals surface area contributed by atoms with Crippen LogP contribution in [0.25, 0.3) is 12.2 Å². The molecule has 1 rings (SSSR count). The highest BCUT2D eigenvalue weighted by molar-refractivity contribution is 9.12. The molecule has 0 saturated heterocycles. The van der Waals surface area contributed by atoms with Gasteiger partial charge < -0.3 is 0 Å². The molecule has 20 heavy (non-hydrogen) atoms. The molecule has 0 radical (unpaired) electrons. The summed E-state index contributed by atoms with van der Waals surface area (Å²) in [6.07, 6.45) is -7.51. The van der Waals surface area contributed by atoms with E-state index in [0.717, 1.165) is 12.2 Å². The van der Waals surface area contributed by atoms with Crippen LogP contribution >= 0.6 is 31.9 Å². The van der Waals surface area contributed by atoms with Crippen molar-refractivity contribution >= 4 is 44.0 Å². The quantitative estimate of drug-likeness (QED) is 0.491. The fourth-order valence-electron chi connectivity index (χ4n) is 1.19. The highest BCUT2D eigenvalue weighted by Crippen LogP contribution is 2.33. The lowest BCUT2D eigenvalue weighted by molar-refractivity contribution is -0.0829. The molecular formula is C12H6Br2F6. The van der Waals surface area contributed by atoms with Gasteiger partial charge in [0.25, 0.3) is 0 Å². The van der Waals surface area contributed by atoms with Crippen molar-refractivity contribution in [2.75, 3.05) is 0 Å². The predicted molar refractivity (Wildman–Crippen MR) is 72.4 cm³/mol. The first-order valence-electron chi connectivity index (χ1n) is 4.99. The molecule has 0 aromatic heterocycles. The van der Waals surface area contributed by atoms with E-state index >= 15 is 0 Å². The Kier molecular flexibility index (Phi) is 5.48. The monoisotopic (exact) mass is 422 g/mol. The minimum Gasteiger partial charge on any atom is -0.166 e. The molecule has 0 nitrogen and oxygen atoms in total. The molecule has 0 unspecified atom stereocenters. The molecule has 1 aromatic carbocycles. The molecule has 0 heterocycles. The van der Waals surface area contributed by atoms with Gasteiger partial charge in [0.15, 0.2) is 0 Å². The Bertz CT molecular complexity index is 494. The third-order valence-electron chi connectivity index (χ3n) is 2.04. The second kappa shape index (κ2) is 6.34. The van der Waals surface area contributed by atoms with Crippen molar-refractivity contribution in [2.45, 2.75) is 12.4 Å². The maximum Gasteiger partial charge on any atom is 0.422 e. The molecule has 0 bridgehead atoms. The van der Waals surface area contributed by atoms with E-state index in [9.17, 15) is 26.3 Å². The van der Waals surface area contributed by atoms with Gasteiger partial charge in [-0.15, -0.1) is 0 Å². The summed E-state index contributed by atoms with van der Waals surface area (Å²) >= 11 is 4.75. The van der Waals surface area contributed by atoms with Crippen LogP contribution in [0, 0.1) is 0 Å². The maximum atomic E-state index is 12.3. The van der Waals surface area contributed by atoms with Crippen molar-refractivity contribution < 1.29 is 26.3 Å². The average Bonchev–Trinajstić information content (AvgIpc) is 2.26. The van der Waals surface area contributed by atoms with Gasteiger partial charge in [-0.3, -0.25) is 0 Å². The van der Waals surface area contributed by atoms with Crippen LogP contribution in [0.3, 0.4) is 0 Å². The number of rotatable bonds is 2. The first-order chi connectivity index (χ1) is 9.00. The summed E-state index contributed by atoms with van der Waals surface area (Å²) in [5, 5.41) is 0. The Balaban J connectivity index is 3.10. The lowest BCUT2D eigenvalue weighted by Crippen LogP contribution is -2.06. The van der Waals surface area contributed by atoms with Crippen molar-refractivity contribution in [3.8, 4) is 0 Å². The molecule has 0 fully saturated rings. The summed E-state index contributed by atoms with van der Waals surface area (Å²) in [5.41, 5.74) is 0.260. The van der Waals surface area contributed by atoms with Crippen LogP contribution in [0.4, 0.5) is 26.3 Å². The lowest BCUT2D eigenvalue weighted by Gasteiger charge is -2.06. The van der Waals surface area contributed by atoms with Crippen molar-refractivity contribution in [2.24, 2.45) is 0 Å². The summed E-state index contributed by atoms with van der Waals surface area (Å²) in [5.74, 6) is 0. The first kappa shape index (κ1) is 17.3. The third kappa shape index (κ3) is 5.32. The largest absolute Gasteiger partial charge is 0.422 e. The first-order valence-corrected chi connectivity index (χ1v) is 6.57. The summed E-state index contributed by atoms with van der Waals surface area (Å²) in [6, 6.07) is 5.28. The second-order valence-corrected chi connectivity index (χ2v) is 5.36. The Morgan fingerprint density at radius 1 is 0.800 bits per heavy atom. The van der Waals surface area contributed by atoms with Crippen LogP contribution in [0.5, 0.6) is 0 Å². The highest BCUT2D eigenvalue weighted by atomic mass is 79.9. The maximum absolute atomic E-state index is 12.3. The molecular weight excluding hydrogens is 418 g/mol. The van der Waals surface area contributed by atoms with E-state index in [-0.39, 0.29) is 11.1 Å². The van der Waals surface area contributed by atoms with Gasteiger partial charge in [0.05, 0.1) is 8.96 Å². The standard InChI is InChI=1S/C12H6Br2F6/c13-9(11(15,16)17)5-7-2-1-3-8(4-7)6-10(14)12(18,19)20/h1-6H/b9-5-,10-6+. The Morgan fingerprint density at radius 2 is 1.15 bits per heavy atom. The number of benzene rings is 1. The SMILES string of the molecule is FC(F)(F)/C(Br)=C/c1cccc(/C=C(/Br)C(F)(F)F)c1. The Labute approximate surface area is 127 Å². The van der Waals surface area contributed by atoms with Gasteiger partial charge in [0.1, 0.15) is 0 Å². The summed E-state index contributed by atoms with van der Waals surface area (Å²) in [4.78, 5) is 0. The molecule has 8 heteroatoms. The topological polar surface area (TPSA) is 0 Å². The van der Waals surface area contributed by atoms with Crippen LogP contribution in [-0.4, -0.2) is 12.4 Å². The zero-order valence-corrected chi connectivity index (χ0v) is 12.7. The zero-order chi connectivity index (χ0) is 15.6. The van der Waals surface area contributed by atoms with E-state index in [4.69, 9.17) is 0 Å². The van der Waals surface area contributed by atoms with Crippen molar-refractivity contribution in [3.63, 3.8) is 0 Å². The molecule has 0 atom stereocenters. The zero-order valence-electron chi connectivity index (χ0n) is 9.49. The van der Waals surface area contributed by atoms with Gasteiger partial charge >= 0.3 is 12.4 Å². The van der Waals surface area contributed by atoms with Gasteiger partial charge in [0, 0.05) is 0 Å². The van der Waals surface area contributed by atoms with E-state index in [2.05, 4.69) is 31.9 Å². The van der Waals surface area contributed by atoms with Crippen LogP contribution in [-0.2, 0) is 0 Å². The van der Waals surface area contributed by atoms with Crippen molar-refractivity contribution in [1.29, 1.82) is 0 Å². The van der Waals surface area contributed by atoms with Crippen LogP contribution in [0.15, 0.2) is 33.2 Å². The van der Waals surface area contributed by atoms with Gasteiger partial charge in [-0.05, 0) is 61.2 Å². The minimum absolute atomic E-state index is 0.130. The Hall–Kier alpha value is -0.760. The number of allylic oxidation sites excluding steroid dienone is 2. The summed E-state index contributed by atoms with van der Waals surface area (Å²) < 4.78 is 71.9. The molecule has 0 N–H and O–H groups in total. The summed E-state index contributed by atoms with van der Waals surface area (Å²) in [7, 11) is 0. The van der Waals surface area contributed by atoms with E-state index < -0.39 is 21.3 Å². The molecule has 110 valence electrons. The van der Waals surface area contributed by atoms with E-state index in [1.165, 1.54) is 24.3 Å². The van der Waals surface area contributed by atoms with Gasteiger partial charge in [-0.25, -0.2) is 0 Å². The average molecular weight is 424 g/mol. The van der Waals surface area contributed by atoms with Crippen LogP contribution < -0.4 is 0 Å². The molecule has 0 aliphatic rings. The van der Waals surface area contributed by atoms with E-state index in [1.807, 2.05) is 0 Å². The van der Waals surface area contributed by atoms with Gasteiger partial charge in [-0.1, -0.05) is 18.2 Å². The Morgan fingerprint density at radius 3 is 1.45 bits per heavy atom. The van der Waals surface area contributed by atoms with E-state index in [1.54, 1.807) is 0 Å². The molecule has 0 aliphatic carbocycles. The molecule has 0 spiro atoms. The fourth-order valence-corrected chi connectivity index (χ4v) is 1.72. The molecule has 0 amide bonds. The van der Waals surface area contributed by atoms with Crippen LogP contribution in [0.2, 0.25) is 0 Å². The molecule has 0 saturated carbocycles. The fraction of sp³-hybridized carbons (Fsp3) is 0.167. The van der Waals surface area contributed by atoms with E-state index in [0.29, 0.717) is 0 Å². The predicted octanol–water partition coefficient (Wildman–Crippen LogP) is 6.28.